The Morgan fingerprint density at radius 1 is 1.75 bits per heavy atom. The van der Waals surface area contributed by atoms with Crippen LogP contribution in [0.25, 0.3) is 0 Å². The zero-order valence-electron chi connectivity index (χ0n) is 7.46. The smallest absolute Gasteiger partial charge is 0.0817 e. The molecule has 3 N–H and O–H groups in total. The number of likely N-dealkylation sites (N-methyl/N-ethyl adjacent to an activating group) is 1. The molecule has 68 valence electrons. The molecule has 0 aromatic carbocycles. The van der Waals surface area contributed by atoms with Crippen LogP contribution in [0.2, 0.25) is 0 Å². The molecule has 0 spiro atoms. The maximum Gasteiger partial charge on any atom is 0.0817 e. The quantitative estimate of drug-likeness (QED) is 0.610. The highest BCUT2D eigenvalue weighted by atomic mass is 16.3. The van der Waals surface area contributed by atoms with Crippen LogP contribution in [0, 0.1) is 6.92 Å². The van der Waals surface area contributed by atoms with Crippen molar-refractivity contribution >= 4 is 0 Å². The summed E-state index contributed by atoms with van der Waals surface area (Å²) in [5.74, 6) is 0. The molecule has 0 amide bonds. The summed E-state index contributed by atoms with van der Waals surface area (Å²) >= 11 is 0. The standard InChI is InChI=1S/C8H15N3O/c1-3-9-8(5-12)7-4-6(2)10-11-7/h4,8-9,12H,3,5H2,1-2H3,(H,10,11). The van der Waals surface area contributed by atoms with E-state index in [0.29, 0.717) is 0 Å². The first-order valence-electron chi connectivity index (χ1n) is 4.14. The summed E-state index contributed by atoms with van der Waals surface area (Å²) < 4.78 is 0. The predicted octanol–water partition coefficient (Wildman–Crippen LogP) is 0.361. The Labute approximate surface area is 72.0 Å². The van der Waals surface area contributed by atoms with Crippen molar-refractivity contribution in [3.8, 4) is 0 Å². The molecule has 0 radical (unpaired) electrons. The fraction of sp³-hybridized carbons (Fsp3) is 0.625. The average Bonchev–Trinajstić information content (AvgIpc) is 2.47. The van der Waals surface area contributed by atoms with Crippen molar-refractivity contribution in [3.05, 3.63) is 17.5 Å². The minimum atomic E-state index is -0.0417. The molecule has 1 aromatic heterocycles. The Kier molecular flexibility index (Phi) is 3.25. The van der Waals surface area contributed by atoms with Gasteiger partial charge in [0.1, 0.15) is 0 Å². The van der Waals surface area contributed by atoms with E-state index in [1.54, 1.807) is 0 Å². The Balaban J connectivity index is 2.66. The molecular formula is C8H15N3O. The van der Waals surface area contributed by atoms with Crippen LogP contribution in [0.3, 0.4) is 0 Å². The molecule has 4 nitrogen and oxygen atoms in total. The number of aromatic amines is 1. The molecule has 1 heterocycles. The van der Waals surface area contributed by atoms with E-state index in [4.69, 9.17) is 5.11 Å². The van der Waals surface area contributed by atoms with Crippen molar-refractivity contribution in [1.29, 1.82) is 0 Å². The SMILES string of the molecule is CCNC(CO)c1cc(C)[nH]n1. The van der Waals surface area contributed by atoms with Gasteiger partial charge in [-0.05, 0) is 19.5 Å². The van der Waals surface area contributed by atoms with Crippen LogP contribution >= 0.6 is 0 Å². The lowest BCUT2D eigenvalue weighted by Gasteiger charge is -2.11. The lowest BCUT2D eigenvalue weighted by molar-refractivity contribution is 0.244. The summed E-state index contributed by atoms with van der Waals surface area (Å²) in [6.45, 7) is 4.86. The van der Waals surface area contributed by atoms with Gasteiger partial charge in [0, 0.05) is 5.69 Å². The fourth-order valence-corrected chi connectivity index (χ4v) is 1.13. The molecule has 1 unspecified atom stereocenters. The topological polar surface area (TPSA) is 60.9 Å². The first kappa shape index (κ1) is 9.22. The molecule has 0 bridgehead atoms. The number of aliphatic hydroxyl groups is 1. The summed E-state index contributed by atoms with van der Waals surface area (Å²) in [5, 5.41) is 19.0. The summed E-state index contributed by atoms with van der Waals surface area (Å²) in [4.78, 5) is 0. The summed E-state index contributed by atoms with van der Waals surface area (Å²) in [6, 6.07) is 1.89. The van der Waals surface area contributed by atoms with Crippen molar-refractivity contribution in [1.82, 2.24) is 15.5 Å². The first-order chi connectivity index (χ1) is 5.77. The van der Waals surface area contributed by atoms with Crippen molar-refractivity contribution < 1.29 is 5.11 Å². The molecule has 1 atom stereocenters. The van der Waals surface area contributed by atoms with Gasteiger partial charge in [0.2, 0.25) is 0 Å². The molecule has 1 rings (SSSR count). The number of rotatable bonds is 4. The van der Waals surface area contributed by atoms with Gasteiger partial charge < -0.3 is 10.4 Å². The van der Waals surface area contributed by atoms with Gasteiger partial charge in [0.25, 0.3) is 0 Å². The number of nitrogens with one attached hydrogen (secondary N) is 2. The number of aryl methyl sites for hydroxylation is 1. The molecule has 0 saturated heterocycles. The maximum absolute atomic E-state index is 9.00. The molecule has 12 heavy (non-hydrogen) atoms. The molecule has 0 fully saturated rings. The van der Waals surface area contributed by atoms with Gasteiger partial charge in [0.05, 0.1) is 18.3 Å². The lowest BCUT2D eigenvalue weighted by atomic mass is 10.2. The van der Waals surface area contributed by atoms with E-state index in [-0.39, 0.29) is 12.6 Å². The van der Waals surface area contributed by atoms with E-state index in [1.165, 1.54) is 0 Å². The summed E-state index contributed by atoms with van der Waals surface area (Å²) in [7, 11) is 0. The Morgan fingerprint density at radius 2 is 2.50 bits per heavy atom. The van der Waals surface area contributed by atoms with Crippen molar-refractivity contribution in [2.75, 3.05) is 13.2 Å². The number of hydrogen-bond donors (Lipinski definition) is 3. The van der Waals surface area contributed by atoms with Gasteiger partial charge in [-0.1, -0.05) is 6.92 Å². The van der Waals surface area contributed by atoms with E-state index in [0.717, 1.165) is 17.9 Å². The van der Waals surface area contributed by atoms with Crippen LogP contribution < -0.4 is 5.32 Å². The van der Waals surface area contributed by atoms with Gasteiger partial charge >= 0.3 is 0 Å². The van der Waals surface area contributed by atoms with E-state index < -0.39 is 0 Å². The summed E-state index contributed by atoms with van der Waals surface area (Å²) in [5.41, 5.74) is 1.89. The Morgan fingerprint density at radius 3 is 2.92 bits per heavy atom. The molecule has 1 aromatic rings. The summed E-state index contributed by atoms with van der Waals surface area (Å²) in [6.07, 6.45) is 0. The van der Waals surface area contributed by atoms with Crippen molar-refractivity contribution in [2.45, 2.75) is 19.9 Å². The Bertz CT molecular complexity index is 234. The highest BCUT2D eigenvalue weighted by Crippen LogP contribution is 2.09. The molecular weight excluding hydrogens is 154 g/mol. The van der Waals surface area contributed by atoms with Gasteiger partial charge in [-0.3, -0.25) is 5.10 Å². The molecule has 0 aliphatic carbocycles. The van der Waals surface area contributed by atoms with E-state index in [1.807, 2.05) is 19.9 Å². The van der Waals surface area contributed by atoms with Crippen LogP contribution in [-0.4, -0.2) is 28.5 Å². The fourth-order valence-electron chi connectivity index (χ4n) is 1.13. The van der Waals surface area contributed by atoms with E-state index >= 15 is 0 Å². The number of hydrogen-bond acceptors (Lipinski definition) is 3. The largest absolute Gasteiger partial charge is 0.394 e. The van der Waals surface area contributed by atoms with E-state index in [9.17, 15) is 0 Å². The number of aliphatic hydroxyl groups excluding tert-OH is 1. The van der Waals surface area contributed by atoms with E-state index in [2.05, 4.69) is 15.5 Å². The average molecular weight is 169 g/mol. The zero-order chi connectivity index (χ0) is 8.97. The number of H-pyrrole nitrogens is 1. The molecule has 0 aliphatic heterocycles. The van der Waals surface area contributed by atoms with Crippen molar-refractivity contribution in [3.63, 3.8) is 0 Å². The van der Waals surface area contributed by atoms with Gasteiger partial charge in [0.15, 0.2) is 0 Å². The monoisotopic (exact) mass is 169 g/mol. The molecule has 4 heteroatoms. The van der Waals surface area contributed by atoms with Gasteiger partial charge in [-0.25, -0.2) is 0 Å². The number of aromatic nitrogens is 2. The lowest BCUT2D eigenvalue weighted by Crippen LogP contribution is -2.24. The molecule has 0 aliphatic rings. The highest BCUT2D eigenvalue weighted by molar-refractivity contribution is 5.11. The third-order valence-corrected chi connectivity index (χ3v) is 1.72. The molecule has 0 saturated carbocycles. The Hall–Kier alpha value is -0.870. The minimum absolute atomic E-state index is 0.0417. The number of nitrogens with zero attached hydrogens (tertiary/aromatic N) is 1. The normalized spacial score (nSPS) is 13.2. The van der Waals surface area contributed by atoms with Gasteiger partial charge in [-0.15, -0.1) is 0 Å². The van der Waals surface area contributed by atoms with Crippen molar-refractivity contribution in [2.24, 2.45) is 0 Å². The zero-order valence-corrected chi connectivity index (χ0v) is 7.46. The second-order valence-corrected chi connectivity index (χ2v) is 2.77. The third kappa shape index (κ3) is 2.06. The third-order valence-electron chi connectivity index (χ3n) is 1.72. The predicted molar refractivity (Wildman–Crippen MR) is 46.8 cm³/mol. The second kappa shape index (κ2) is 4.23. The van der Waals surface area contributed by atoms with Crippen LogP contribution in [0.4, 0.5) is 0 Å². The van der Waals surface area contributed by atoms with Crippen LogP contribution in [0.5, 0.6) is 0 Å². The minimum Gasteiger partial charge on any atom is -0.394 e. The first-order valence-corrected chi connectivity index (χ1v) is 4.14. The van der Waals surface area contributed by atoms with Crippen LogP contribution in [0.15, 0.2) is 6.07 Å². The van der Waals surface area contributed by atoms with Crippen LogP contribution in [-0.2, 0) is 0 Å². The highest BCUT2D eigenvalue weighted by Gasteiger charge is 2.10. The van der Waals surface area contributed by atoms with Gasteiger partial charge in [-0.2, -0.15) is 5.10 Å². The maximum atomic E-state index is 9.00. The van der Waals surface area contributed by atoms with Crippen LogP contribution in [0.1, 0.15) is 24.4 Å². The second-order valence-electron chi connectivity index (χ2n) is 2.77.